The number of benzene rings is 1. The minimum atomic E-state index is -0.831. The summed E-state index contributed by atoms with van der Waals surface area (Å²) in [4.78, 5) is 26.5. The van der Waals surface area contributed by atoms with Crippen molar-refractivity contribution >= 4 is 17.5 Å². The van der Waals surface area contributed by atoms with Gasteiger partial charge in [-0.2, -0.15) is 0 Å². The lowest BCUT2D eigenvalue weighted by atomic mass is 9.99. The van der Waals surface area contributed by atoms with Crippen LogP contribution >= 0.6 is 0 Å². The van der Waals surface area contributed by atoms with Crippen molar-refractivity contribution in [1.29, 1.82) is 0 Å². The highest BCUT2D eigenvalue weighted by molar-refractivity contribution is 5.97. The van der Waals surface area contributed by atoms with Gasteiger partial charge in [0.1, 0.15) is 11.4 Å². The number of hydrogen-bond acceptors (Lipinski definition) is 4. The van der Waals surface area contributed by atoms with Crippen molar-refractivity contribution in [3.8, 4) is 5.75 Å². The first kappa shape index (κ1) is 21.2. The van der Waals surface area contributed by atoms with E-state index in [1.165, 1.54) is 0 Å². The second kappa shape index (κ2) is 10.3. The number of amides is 2. The number of hydrogen-bond donors (Lipinski definition) is 1. The van der Waals surface area contributed by atoms with Crippen LogP contribution in [0.25, 0.3) is 0 Å². The molecule has 6 heteroatoms. The number of ether oxygens (including phenoxy) is 2. The lowest BCUT2D eigenvalue weighted by Crippen LogP contribution is -2.43. The minimum absolute atomic E-state index is 0.0216. The van der Waals surface area contributed by atoms with E-state index in [4.69, 9.17) is 9.47 Å². The number of anilines is 1. The topological polar surface area (TPSA) is 67.9 Å². The van der Waals surface area contributed by atoms with Crippen molar-refractivity contribution in [3.63, 3.8) is 0 Å². The molecule has 1 aromatic carbocycles. The molecule has 1 fully saturated rings. The molecule has 0 aliphatic carbocycles. The average Bonchev–Trinajstić information content (AvgIpc) is 3.20. The Labute approximate surface area is 162 Å². The fourth-order valence-electron chi connectivity index (χ4n) is 3.16. The summed E-state index contributed by atoms with van der Waals surface area (Å²) in [5.74, 6) is 0.489. The van der Waals surface area contributed by atoms with Crippen molar-refractivity contribution in [3.05, 3.63) is 24.3 Å². The predicted octanol–water partition coefficient (Wildman–Crippen LogP) is 3.61. The van der Waals surface area contributed by atoms with Gasteiger partial charge in [0.15, 0.2) is 6.61 Å². The maximum atomic E-state index is 12.7. The normalized spacial score (nSPS) is 16.0. The Balaban J connectivity index is 1.88. The summed E-state index contributed by atoms with van der Waals surface area (Å²) in [6.07, 6.45) is 4.54. The molecule has 1 atom stereocenters. The summed E-state index contributed by atoms with van der Waals surface area (Å²) < 4.78 is 11.4. The van der Waals surface area contributed by atoms with Crippen LogP contribution in [-0.2, 0) is 14.3 Å². The molecule has 150 valence electrons. The third kappa shape index (κ3) is 6.24. The molecule has 1 aliphatic heterocycles. The van der Waals surface area contributed by atoms with E-state index in [1.807, 2.05) is 25.7 Å². The van der Waals surface area contributed by atoms with Gasteiger partial charge in [0.25, 0.3) is 11.8 Å². The Morgan fingerprint density at radius 3 is 2.37 bits per heavy atom. The highest BCUT2D eigenvalue weighted by Crippen LogP contribution is 2.22. The summed E-state index contributed by atoms with van der Waals surface area (Å²) in [5.41, 5.74) is -0.150. The molecule has 0 spiro atoms. The minimum Gasteiger partial charge on any atom is -0.484 e. The lowest BCUT2D eigenvalue weighted by Gasteiger charge is -2.28. The smallest absolute Gasteiger partial charge is 0.260 e. The van der Waals surface area contributed by atoms with Crippen molar-refractivity contribution in [2.24, 2.45) is 0 Å². The Morgan fingerprint density at radius 1 is 1.11 bits per heavy atom. The van der Waals surface area contributed by atoms with Gasteiger partial charge >= 0.3 is 0 Å². The summed E-state index contributed by atoms with van der Waals surface area (Å²) in [6, 6.07) is 7.08. The number of nitrogens with one attached hydrogen (secondary N) is 1. The van der Waals surface area contributed by atoms with Gasteiger partial charge in [-0.15, -0.1) is 0 Å². The second-order valence-electron chi connectivity index (χ2n) is 7.18. The summed E-state index contributed by atoms with van der Waals surface area (Å²) in [7, 11) is 0. The molecule has 1 heterocycles. The number of carbonyl (C=O) groups excluding carboxylic acids is 2. The highest BCUT2D eigenvalue weighted by atomic mass is 16.5. The van der Waals surface area contributed by atoms with Crippen LogP contribution in [0.3, 0.4) is 0 Å². The molecule has 0 radical (unpaired) electrons. The molecule has 2 amide bonds. The predicted molar refractivity (Wildman–Crippen MR) is 106 cm³/mol. The van der Waals surface area contributed by atoms with Crippen molar-refractivity contribution in [1.82, 2.24) is 4.90 Å². The largest absolute Gasteiger partial charge is 0.484 e. The Bertz CT molecular complexity index is 611. The zero-order chi connectivity index (χ0) is 19.7. The van der Waals surface area contributed by atoms with Gasteiger partial charge in [0.05, 0.1) is 0 Å². The Kier molecular flexibility index (Phi) is 8.10. The first-order chi connectivity index (χ1) is 13.0. The lowest BCUT2D eigenvalue weighted by molar-refractivity contribution is -0.140. The molecule has 1 aromatic rings. The van der Waals surface area contributed by atoms with Crippen LogP contribution in [0.1, 0.15) is 52.9 Å². The second-order valence-corrected chi connectivity index (χ2v) is 7.18. The number of likely N-dealkylation sites (tertiary alicyclic amines) is 1. The Morgan fingerprint density at radius 2 is 1.78 bits per heavy atom. The zero-order valence-electron chi connectivity index (χ0n) is 16.8. The van der Waals surface area contributed by atoms with Gasteiger partial charge in [-0.1, -0.05) is 20.3 Å². The standard InChI is InChI=1S/C21H32N2O4/c1-4-12-21(3,27-15-5-2)20(25)22-17-8-10-18(11-9-17)26-16-19(24)23-13-6-7-14-23/h8-11H,4-7,12-16H2,1-3H3,(H,22,25)/t21-/m1/s1. The quantitative estimate of drug-likeness (QED) is 0.677. The summed E-state index contributed by atoms with van der Waals surface area (Å²) >= 11 is 0. The maximum Gasteiger partial charge on any atom is 0.260 e. The fourth-order valence-corrected chi connectivity index (χ4v) is 3.16. The zero-order valence-corrected chi connectivity index (χ0v) is 16.8. The maximum absolute atomic E-state index is 12.7. The SMILES string of the molecule is CCCO[C@](C)(CCC)C(=O)Nc1ccc(OCC(=O)N2CCCC2)cc1. The van der Waals surface area contributed by atoms with Crippen LogP contribution in [0, 0.1) is 0 Å². The van der Waals surface area contributed by atoms with Crippen LogP contribution in [-0.4, -0.2) is 48.6 Å². The van der Waals surface area contributed by atoms with E-state index in [2.05, 4.69) is 5.32 Å². The molecule has 2 rings (SSSR count). The summed E-state index contributed by atoms with van der Waals surface area (Å²) in [5, 5.41) is 2.92. The van der Waals surface area contributed by atoms with Crippen LogP contribution in [0.15, 0.2) is 24.3 Å². The highest BCUT2D eigenvalue weighted by Gasteiger charge is 2.33. The Hall–Kier alpha value is -2.08. The van der Waals surface area contributed by atoms with Crippen molar-refractivity contribution < 1.29 is 19.1 Å². The molecule has 0 aromatic heterocycles. The molecule has 6 nitrogen and oxygen atoms in total. The average molecular weight is 376 g/mol. The molecular formula is C21H32N2O4. The van der Waals surface area contributed by atoms with Gasteiger partial charge in [-0.05, 0) is 56.9 Å². The fraction of sp³-hybridized carbons (Fsp3) is 0.619. The van der Waals surface area contributed by atoms with E-state index in [0.29, 0.717) is 24.5 Å². The molecule has 0 bridgehead atoms. The van der Waals surface area contributed by atoms with E-state index in [1.54, 1.807) is 24.3 Å². The van der Waals surface area contributed by atoms with Gasteiger partial charge in [0, 0.05) is 25.4 Å². The van der Waals surface area contributed by atoms with Crippen molar-refractivity contribution in [2.75, 3.05) is 31.6 Å². The molecule has 1 saturated heterocycles. The third-order valence-corrected chi connectivity index (χ3v) is 4.77. The molecule has 0 saturated carbocycles. The number of rotatable bonds is 10. The monoisotopic (exact) mass is 376 g/mol. The van der Waals surface area contributed by atoms with Crippen molar-refractivity contribution in [2.45, 2.75) is 58.5 Å². The van der Waals surface area contributed by atoms with E-state index >= 15 is 0 Å². The first-order valence-corrected chi connectivity index (χ1v) is 9.94. The van der Waals surface area contributed by atoms with Gasteiger partial charge in [-0.3, -0.25) is 9.59 Å². The molecule has 27 heavy (non-hydrogen) atoms. The molecule has 1 aliphatic rings. The molecular weight excluding hydrogens is 344 g/mol. The van der Waals surface area contributed by atoms with E-state index in [-0.39, 0.29) is 18.4 Å². The summed E-state index contributed by atoms with van der Waals surface area (Å²) in [6.45, 7) is 8.15. The van der Waals surface area contributed by atoms with Gasteiger partial charge in [-0.25, -0.2) is 0 Å². The van der Waals surface area contributed by atoms with E-state index in [9.17, 15) is 9.59 Å². The van der Waals surface area contributed by atoms with E-state index < -0.39 is 5.60 Å². The first-order valence-electron chi connectivity index (χ1n) is 9.94. The third-order valence-electron chi connectivity index (χ3n) is 4.77. The van der Waals surface area contributed by atoms with Crippen LogP contribution in [0.2, 0.25) is 0 Å². The van der Waals surface area contributed by atoms with Crippen LogP contribution in [0.4, 0.5) is 5.69 Å². The number of nitrogens with zero attached hydrogens (tertiary/aromatic N) is 1. The van der Waals surface area contributed by atoms with Crippen LogP contribution in [0.5, 0.6) is 5.75 Å². The molecule has 1 N–H and O–H groups in total. The van der Waals surface area contributed by atoms with Crippen LogP contribution < -0.4 is 10.1 Å². The van der Waals surface area contributed by atoms with Gasteiger partial charge in [0.2, 0.25) is 0 Å². The number of carbonyl (C=O) groups is 2. The molecule has 0 unspecified atom stereocenters. The van der Waals surface area contributed by atoms with Gasteiger partial charge < -0.3 is 19.7 Å². The van der Waals surface area contributed by atoms with E-state index in [0.717, 1.165) is 38.8 Å².